The summed E-state index contributed by atoms with van der Waals surface area (Å²) in [5.74, 6) is 1.14. The van der Waals surface area contributed by atoms with Gasteiger partial charge in [-0.15, -0.1) is 0 Å². The predicted octanol–water partition coefficient (Wildman–Crippen LogP) is 1.21. The summed E-state index contributed by atoms with van der Waals surface area (Å²) in [5, 5.41) is 9.41. The van der Waals surface area contributed by atoms with E-state index in [1.165, 1.54) is 11.4 Å². The molecule has 1 aromatic rings. The minimum Gasteiger partial charge on any atom is -0.481 e. The highest BCUT2D eigenvalue weighted by Crippen LogP contribution is 2.44. The van der Waals surface area contributed by atoms with E-state index in [1.54, 1.807) is 6.07 Å². The van der Waals surface area contributed by atoms with Crippen LogP contribution >= 0.6 is 0 Å². The van der Waals surface area contributed by atoms with Crippen molar-refractivity contribution in [1.82, 2.24) is 9.21 Å². The fourth-order valence-electron chi connectivity index (χ4n) is 3.46. The van der Waals surface area contributed by atoms with Crippen LogP contribution in [-0.4, -0.2) is 55.1 Å². The molecule has 1 N–H and O–H groups in total. The van der Waals surface area contributed by atoms with Crippen molar-refractivity contribution in [2.45, 2.75) is 25.9 Å². The van der Waals surface area contributed by atoms with E-state index in [9.17, 15) is 18.3 Å². The standard InChI is InChI=1S/C16H24N2O5S/c1-17(24(2,21)22)7-12-5-6-13(23-12)8-18-9-14(11-3-4-11)15(10-18)16(19)20/h5-6,11,14-15H,3-4,7-10H2,1-2H3,(H,19,20)/t14-,15+/m0/s1. The molecule has 0 unspecified atom stereocenters. The molecule has 134 valence electrons. The Morgan fingerprint density at radius 3 is 2.58 bits per heavy atom. The van der Waals surface area contributed by atoms with Gasteiger partial charge in [-0.2, -0.15) is 4.31 Å². The van der Waals surface area contributed by atoms with Crippen LogP contribution < -0.4 is 0 Å². The van der Waals surface area contributed by atoms with Crippen LogP contribution in [-0.2, 0) is 27.9 Å². The lowest BCUT2D eigenvalue weighted by Crippen LogP contribution is -2.24. The lowest BCUT2D eigenvalue weighted by Gasteiger charge is -2.14. The second kappa shape index (κ2) is 6.50. The van der Waals surface area contributed by atoms with Crippen molar-refractivity contribution in [3.05, 3.63) is 23.7 Å². The predicted molar refractivity (Wildman–Crippen MR) is 87.6 cm³/mol. The third-order valence-electron chi connectivity index (χ3n) is 5.03. The zero-order valence-electron chi connectivity index (χ0n) is 14.0. The summed E-state index contributed by atoms with van der Waals surface area (Å²) in [7, 11) is -1.73. The van der Waals surface area contributed by atoms with E-state index in [0.717, 1.165) is 31.4 Å². The summed E-state index contributed by atoms with van der Waals surface area (Å²) in [6.45, 7) is 2.10. The lowest BCUT2D eigenvalue weighted by molar-refractivity contribution is -0.142. The zero-order valence-corrected chi connectivity index (χ0v) is 14.8. The van der Waals surface area contributed by atoms with Gasteiger partial charge in [-0.05, 0) is 36.8 Å². The molecule has 3 rings (SSSR count). The highest BCUT2D eigenvalue weighted by Gasteiger charge is 2.45. The smallest absolute Gasteiger partial charge is 0.308 e. The minimum absolute atomic E-state index is 0.196. The zero-order chi connectivity index (χ0) is 17.5. The first-order valence-electron chi connectivity index (χ1n) is 8.18. The van der Waals surface area contributed by atoms with Crippen LogP contribution in [0.2, 0.25) is 0 Å². The number of nitrogens with zero attached hydrogens (tertiary/aromatic N) is 2. The van der Waals surface area contributed by atoms with Gasteiger partial charge >= 0.3 is 5.97 Å². The third kappa shape index (κ3) is 3.99. The number of carbonyl (C=O) groups is 1. The molecule has 0 aromatic carbocycles. The van der Waals surface area contributed by atoms with Crippen LogP contribution in [0, 0.1) is 17.8 Å². The van der Waals surface area contributed by atoms with Crippen LogP contribution in [0.15, 0.2) is 16.5 Å². The fraction of sp³-hybridized carbons (Fsp3) is 0.688. The molecule has 8 heteroatoms. The molecule has 24 heavy (non-hydrogen) atoms. The Hall–Kier alpha value is -1.38. The highest BCUT2D eigenvalue weighted by atomic mass is 32.2. The van der Waals surface area contributed by atoms with Crippen molar-refractivity contribution < 1.29 is 22.7 Å². The van der Waals surface area contributed by atoms with E-state index in [4.69, 9.17) is 4.42 Å². The van der Waals surface area contributed by atoms with Crippen molar-refractivity contribution in [3.63, 3.8) is 0 Å². The van der Waals surface area contributed by atoms with Crippen molar-refractivity contribution in [2.75, 3.05) is 26.4 Å². The van der Waals surface area contributed by atoms with Gasteiger partial charge in [0.2, 0.25) is 10.0 Å². The number of furan rings is 1. The Balaban J connectivity index is 1.60. The Morgan fingerprint density at radius 1 is 1.33 bits per heavy atom. The van der Waals surface area contributed by atoms with Gasteiger partial charge in [0.25, 0.3) is 0 Å². The number of rotatable bonds is 7. The molecule has 0 radical (unpaired) electrons. The summed E-state index contributed by atoms with van der Waals surface area (Å²) in [5.41, 5.74) is 0. The molecule has 2 aliphatic rings. The first kappa shape index (κ1) is 17.4. The number of likely N-dealkylation sites (tertiary alicyclic amines) is 1. The molecule has 1 saturated heterocycles. The van der Waals surface area contributed by atoms with Gasteiger partial charge in [-0.3, -0.25) is 9.69 Å². The van der Waals surface area contributed by atoms with E-state index in [1.807, 2.05) is 6.07 Å². The molecular weight excluding hydrogens is 332 g/mol. The summed E-state index contributed by atoms with van der Waals surface area (Å²) < 4.78 is 29.8. The second-order valence-electron chi connectivity index (χ2n) is 7.03. The highest BCUT2D eigenvalue weighted by molar-refractivity contribution is 7.88. The number of sulfonamides is 1. The van der Waals surface area contributed by atoms with Crippen LogP contribution in [0.3, 0.4) is 0 Å². The average Bonchev–Trinajstić information content (AvgIpc) is 3.09. The number of hydrogen-bond acceptors (Lipinski definition) is 5. The van der Waals surface area contributed by atoms with E-state index >= 15 is 0 Å². The van der Waals surface area contributed by atoms with Gasteiger partial charge in [-0.1, -0.05) is 0 Å². The quantitative estimate of drug-likeness (QED) is 0.790. The third-order valence-corrected chi connectivity index (χ3v) is 6.29. The summed E-state index contributed by atoms with van der Waals surface area (Å²) in [6, 6.07) is 3.62. The van der Waals surface area contributed by atoms with Crippen molar-refractivity contribution in [2.24, 2.45) is 17.8 Å². The summed E-state index contributed by atoms with van der Waals surface area (Å²) >= 11 is 0. The van der Waals surface area contributed by atoms with Crippen LogP contribution in [0.1, 0.15) is 24.4 Å². The van der Waals surface area contributed by atoms with Gasteiger partial charge in [0.15, 0.2) is 0 Å². The normalized spacial score (nSPS) is 25.5. The fourth-order valence-corrected chi connectivity index (χ4v) is 3.82. The maximum Gasteiger partial charge on any atom is 0.308 e. The minimum atomic E-state index is -3.24. The molecule has 1 aliphatic heterocycles. The average molecular weight is 356 g/mol. The topological polar surface area (TPSA) is 91.1 Å². The molecule has 7 nitrogen and oxygen atoms in total. The molecular formula is C16H24N2O5S. The molecule has 0 spiro atoms. The van der Waals surface area contributed by atoms with E-state index in [2.05, 4.69) is 4.90 Å². The molecule has 2 heterocycles. The Morgan fingerprint density at radius 2 is 2.00 bits per heavy atom. The SMILES string of the molecule is CN(Cc1ccc(CN2C[C@@H](C(=O)O)[C@H](C3CC3)C2)o1)S(C)(=O)=O. The number of carboxylic acid groups (broad SMARTS) is 1. The van der Waals surface area contributed by atoms with E-state index in [-0.39, 0.29) is 18.4 Å². The van der Waals surface area contributed by atoms with Gasteiger partial charge < -0.3 is 9.52 Å². The largest absolute Gasteiger partial charge is 0.481 e. The Bertz CT molecular complexity index is 710. The van der Waals surface area contributed by atoms with Crippen molar-refractivity contribution in [3.8, 4) is 0 Å². The van der Waals surface area contributed by atoms with Crippen molar-refractivity contribution >= 4 is 16.0 Å². The van der Waals surface area contributed by atoms with Crippen LogP contribution in [0.4, 0.5) is 0 Å². The Labute approximate surface area is 142 Å². The molecule has 1 aliphatic carbocycles. The maximum absolute atomic E-state index is 11.4. The molecule has 0 amide bonds. The first-order chi connectivity index (χ1) is 11.2. The summed E-state index contributed by atoms with van der Waals surface area (Å²) in [4.78, 5) is 13.6. The van der Waals surface area contributed by atoms with E-state index in [0.29, 0.717) is 24.8 Å². The summed E-state index contributed by atoms with van der Waals surface area (Å²) in [6.07, 6.45) is 3.45. The lowest BCUT2D eigenvalue weighted by atomic mass is 9.92. The van der Waals surface area contributed by atoms with Gasteiger partial charge in [0.05, 0.1) is 25.3 Å². The first-order valence-corrected chi connectivity index (χ1v) is 10.0. The number of hydrogen-bond donors (Lipinski definition) is 1. The second-order valence-corrected chi connectivity index (χ2v) is 9.12. The van der Waals surface area contributed by atoms with E-state index < -0.39 is 16.0 Å². The number of carboxylic acids is 1. The molecule has 1 aromatic heterocycles. The molecule has 0 bridgehead atoms. The monoisotopic (exact) mass is 356 g/mol. The van der Waals surface area contributed by atoms with Crippen LogP contribution in [0.5, 0.6) is 0 Å². The Kier molecular flexibility index (Phi) is 4.72. The van der Waals surface area contributed by atoms with Gasteiger partial charge in [0, 0.05) is 20.1 Å². The molecule has 1 saturated carbocycles. The maximum atomic E-state index is 11.4. The number of aliphatic carboxylic acids is 1. The molecule has 2 fully saturated rings. The molecule has 2 atom stereocenters. The van der Waals surface area contributed by atoms with Crippen LogP contribution in [0.25, 0.3) is 0 Å². The van der Waals surface area contributed by atoms with Crippen molar-refractivity contribution in [1.29, 1.82) is 0 Å². The van der Waals surface area contributed by atoms with Gasteiger partial charge in [-0.25, -0.2) is 8.42 Å². The van der Waals surface area contributed by atoms with Gasteiger partial charge in [0.1, 0.15) is 11.5 Å².